The quantitative estimate of drug-likeness (QED) is 0.742. The number of aromatic nitrogens is 3. The van der Waals surface area contributed by atoms with Crippen molar-refractivity contribution in [2.75, 3.05) is 0 Å². The molecule has 118 valence electrons. The minimum atomic E-state index is -0.837. The molecule has 1 aromatic heterocycles. The number of aliphatic carboxylic acids is 1. The van der Waals surface area contributed by atoms with Gasteiger partial charge in [0.05, 0.1) is 13.0 Å². The van der Waals surface area contributed by atoms with Crippen LogP contribution in [0.2, 0.25) is 0 Å². The smallest absolute Gasteiger partial charge is 0.303 e. The molecule has 6 heteroatoms. The lowest BCUT2D eigenvalue weighted by Gasteiger charge is -2.12. The highest BCUT2D eigenvalue weighted by Gasteiger charge is 2.13. The first-order chi connectivity index (χ1) is 11.1. The van der Waals surface area contributed by atoms with Crippen LogP contribution in [0.3, 0.4) is 0 Å². The van der Waals surface area contributed by atoms with Gasteiger partial charge in [0.2, 0.25) is 0 Å². The normalized spacial score (nSPS) is 11.0. The number of fused-ring (bicyclic) bond motifs is 1. The van der Waals surface area contributed by atoms with Gasteiger partial charge in [-0.3, -0.25) is 4.79 Å². The van der Waals surface area contributed by atoms with Gasteiger partial charge in [0.25, 0.3) is 0 Å². The molecule has 3 rings (SSSR count). The third kappa shape index (κ3) is 3.27. The first-order valence-corrected chi connectivity index (χ1v) is 8.12. The molecule has 0 aliphatic heterocycles. The third-order valence-corrected chi connectivity index (χ3v) is 4.49. The number of carboxylic acids is 1. The lowest BCUT2D eigenvalue weighted by Crippen LogP contribution is -2.08. The van der Waals surface area contributed by atoms with Crippen LogP contribution in [0.15, 0.2) is 41.1 Å². The molecule has 0 amide bonds. The molecular weight excluding hydrogens is 358 g/mol. The van der Waals surface area contributed by atoms with Crippen molar-refractivity contribution in [1.29, 1.82) is 0 Å². The van der Waals surface area contributed by atoms with Crippen molar-refractivity contribution in [2.24, 2.45) is 0 Å². The van der Waals surface area contributed by atoms with Gasteiger partial charge in [-0.05, 0) is 44.8 Å². The molecule has 0 atom stereocenters. The van der Waals surface area contributed by atoms with Crippen LogP contribution in [0.1, 0.15) is 23.4 Å². The van der Waals surface area contributed by atoms with Crippen LogP contribution in [-0.4, -0.2) is 25.8 Å². The summed E-state index contributed by atoms with van der Waals surface area (Å²) < 4.78 is 2.53. The Labute approximate surface area is 142 Å². The van der Waals surface area contributed by atoms with Crippen LogP contribution < -0.4 is 0 Å². The van der Waals surface area contributed by atoms with Gasteiger partial charge in [-0.1, -0.05) is 36.4 Å². The van der Waals surface area contributed by atoms with E-state index in [0.717, 1.165) is 5.56 Å². The number of halogens is 1. The third-order valence-electron chi connectivity index (χ3n) is 3.91. The van der Waals surface area contributed by atoms with Crippen LogP contribution in [0, 0.1) is 6.92 Å². The molecular formula is C17H16BrN3O2. The number of rotatable bonds is 5. The summed E-state index contributed by atoms with van der Waals surface area (Å²) in [5.41, 5.74) is 2.39. The fourth-order valence-electron chi connectivity index (χ4n) is 2.69. The van der Waals surface area contributed by atoms with Crippen LogP contribution in [0.4, 0.5) is 0 Å². The van der Waals surface area contributed by atoms with Gasteiger partial charge in [0, 0.05) is 6.42 Å². The van der Waals surface area contributed by atoms with Crippen molar-refractivity contribution >= 4 is 32.7 Å². The molecule has 0 aliphatic carbocycles. The predicted octanol–water partition coefficient (Wildman–Crippen LogP) is 3.57. The van der Waals surface area contributed by atoms with Gasteiger partial charge < -0.3 is 9.67 Å². The van der Waals surface area contributed by atoms with Gasteiger partial charge in [0.1, 0.15) is 5.82 Å². The fraction of sp³-hybridized carbons (Fsp3) is 0.235. The van der Waals surface area contributed by atoms with Gasteiger partial charge in [-0.15, -0.1) is 10.2 Å². The molecule has 23 heavy (non-hydrogen) atoms. The zero-order valence-corrected chi connectivity index (χ0v) is 14.2. The maximum atomic E-state index is 10.8. The Morgan fingerprint density at radius 1 is 1.17 bits per heavy atom. The number of aryl methyl sites for hydroxylation is 2. The van der Waals surface area contributed by atoms with E-state index in [9.17, 15) is 4.79 Å². The summed E-state index contributed by atoms with van der Waals surface area (Å²) in [6.45, 7) is 2.70. The Morgan fingerprint density at radius 2 is 1.91 bits per heavy atom. The summed E-state index contributed by atoms with van der Waals surface area (Å²) in [7, 11) is 0. The summed E-state index contributed by atoms with van der Waals surface area (Å²) in [4.78, 5) is 10.8. The molecule has 0 bridgehead atoms. The second-order valence-corrected chi connectivity index (χ2v) is 6.16. The first-order valence-electron chi connectivity index (χ1n) is 7.33. The van der Waals surface area contributed by atoms with E-state index in [4.69, 9.17) is 5.11 Å². The van der Waals surface area contributed by atoms with Crippen molar-refractivity contribution in [1.82, 2.24) is 14.8 Å². The molecule has 1 N–H and O–H groups in total. The Morgan fingerprint density at radius 3 is 2.65 bits per heavy atom. The number of carbonyl (C=O) groups is 1. The van der Waals surface area contributed by atoms with Gasteiger partial charge in [-0.2, -0.15) is 0 Å². The van der Waals surface area contributed by atoms with Crippen molar-refractivity contribution in [3.63, 3.8) is 0 Å². The SMILES string of the molecule is Cc1ccc(Cn2c(Br)nnc2CCC(=O)O)c2ccccc12. The largest absolute Gasteiger partial charge is 0.481 e. The summed E-state index contributed by atoms with van der Waals surface area (Å²) in [6, 6.07) is 12.5. The van der Waals surface area contributed by atoms with Crippen molar-refractivity contribution < 1.29 is 9.90 Å². The Balaban J connectivity index is 1.98. The number of carboxylic acid groups (broad SMARTS) is 1. The van der Waals surface area contributed by atoms with E-state index in [2.05, 4.69) is 57.3 Å². The molecule has 5 nitrogen and oxygen atoms in total. The molecule has 1 heterocycles. The molecule has 0 aliphatic rings. The second kappa shape index (κ2) is 6.50. The first kappa shape index (κ1) is 15.7. The van der Waals surface area contributed by atoms with E-state index in [0.29, 0.717) is 23.5 Å². The standard InChI is InChI=1S/C17H16BrN3O2/c1-11-6-7-12(14-5-3-2-4-13(11)14)10-21-15(8-9-16(22)23)19-20-17(21)18/h2-7H,8-10H2,1H3,(H,22,23). The number of hydrogen-bond donors (Lipinski definition) is 1. The summed E-state index contributed by atoms with van der Waals surface area (Å²) in [5, 5.41) is 19.4. The maximum absolute atomic E-state index is 10.8. The van der Waals surface area contributed by atoms with Gasteiger partial charge in [0.15, 0.2) is 4.73 Å². The highest BCUT2D eigenvalue weighted by atomic mass is 79.9. The van der Waals surface area contributed by atoms with Crippen molar-refractivity contribution in [3.05, 3.63) is 58.1 Å². The average Bonchev–Trinajstić information content (AvgIpc) is 2.89. The zero-order valence-electron chi connectivity index (χ0n) is 12.7. The zero-order chi connectivity index (χ0) is 16.4. The molecule has 0 fully saturated rings. The Kier molecular flexibility index (Phi) is 4.43. The Hall–Kier alpha value is -2.21. The molecule has 0 spiro atoms. The predicted molar refractivity (Wildman–Crippen MR) is 91.5 cm³/mol. The molecule has 2 aromatic carbocycles. The van der Waals surface area contributed by atoms with Crippen molar-refractivity contribution in [3.8, 4) is 0 Å². The van der Waals surface area contributed by atoms with Gasteiger partial charge in [-0.25, -0.2) is 0 Å². The van der Waals surface area contributed by atoms with E-state index in [-0.39, 0.29) is 6.42 Å². The van der Waals surface area contributed by atoms with Crippen LogP contribution in [0.25, 0.3) is 10.8 Å². The second-order valence-electron chi connectivity index (χ2n) is 5.45. The number of hydrogen-bond acceptors (Lipinski definition) is 3. The van der Waals surface area contributed by atoms with Crippen LogP contribution >= 0.6 is 15.9 Å². The van der Waals surface area contributed by atoms with Gasteiger partial charge >= 0.3 is 5.97 Å². The maximum Gasteiger partial charge on any atom is 0.303 e. The number of benzene rings is 2. The van der Waals surface area contributed by atoms with E-state index >= 15 is 0 Å². The summed E-state index contributed by atoms with van der Waals surface area (Å²) >= 11 is 3.40. The van der Waals surface area contributed by atoms with Crippen LogP contribution in [-0.2, 0) is 17.8 Å². The summed E-state index contributed by atoms with van der Waals surface area (Å²) in [6.07, 6.45) is 0.400. The Bertz CT molecular complexity index is 873. The lowest BCUT2D eigenvalue weighted by molar-refractivity contribution is -0.137. The molecule has 0 saturated carbocycles. The summed E-state index contributed by atoms with van der Waals surface area (Å²) in [5.74, 6) is -0.166. The van der Waals surface area contributed by atoms with E-state index < -0.39 is 5.97 Å². The fourth-order valence-corrected chi connectivity index (χ4v) is 3.10. The topological polar surface area (TPSA) is 68.0 Å². The van der Waals surface area contributed by atoms with Crippen LogP contribution in [0.5, 0.6) is 0 Å². The monoisotopic (exact) mass is 373 g/mol. The lowest BCUT2D eigenvalue weighted by atomic mass is 10.0. The molecule has 0 unspecified atom stereocenters. The van der Waals surface area contributed by atoms with Crippen molar-refractivity contribution in [2.45, 2.75) is 26.3 Å². The van der Waals surface area contributed by atoms with E-state index in [1.54, 1.807) is 0 Å². The van der Waals surface area contributed by atoms with E-state index in [1.165, 1.54) is 16.3 Å². The number of nitrogens with zero attached hydrogens (tertiary/aromatic N) is 3. The minimum absolute atomic E-state index is 0.0414. The molecule has 0 radical (unpaired) electrons. The van der Waals surface area contributed by atoms with E-state index in [1.807, 2.05) is 16.7 Å². The highest BCUT2D eigenvalue weighted by Crippen LogP contribution is 2.24. The highest BCUT2D eigenvalue weighted by molar-refractivity contribution is 9.10. The molecule has 3 aromatic rings. The molecule has 0 saturated heterocycles. The average molecular weight is 374 g/mol. The minimum Gasteiger partial charge on any atom is -0.481 e.